The molecule has 0 rings (SSSR count). The molecule has 0 nitrogen and oxygen atoms in total. The summed E-state index contributed by atoms with van der Waals surface area (Å²) < 4.78 is 0. The van der Waals surface area contributed by atoms with Crippen LogP contribution in [0.3, 0.4) is 0 Å². The summed E-state index contributed by atoms with van der Waals surface area (Å²) in [7, 11) is 0. The maximum atomic E-state index is 4.23. The number of hydrogen-bond acceptors (Lipinski definition) is 1. The smallest absolute Gasteiger partial charge is 0.0134 e. The Balaban J connectivity index is 3.69. The van der Waals surface area contributed by atoms with Gasteiger partial charge in [0.2, 0.25) is 0 Å². The Morgan fingerprint density at radius 2 is 1.55 bits per heavy atom. The monoisotopic (exact) mass is 166 g/mol. The fraction of sp³-hybridized carbons (Fsp3) is 0.600. The van der Waals surface area contributed by atoms with Crippen molar-refractivity contribution >= 4 is 12.6 Å². The van der Waals surface area contributed by atoms with Crippen molar-refractivity contribution in [2.24, 2.45) is 5.92 Å². The molecule has 0 aromatic rings. The summed E-state index contributed by atoms with van der Waals surface area (Å²) in [6, 6.07) is 0. The van der Waals surface area contributed by atoms with E-state index in [1.807, 2.05) is 13.8 Å². The van der Waals surface area contributed by atoms with Crippen LogP contribution in [0.1, 0.15) is 26.7 Å². The first-order valence-electron chi connectivity index (χ1n) is 3.75. The van der Waals surface area contributed by atoms with Crippen LogP contribution in [0.25, 0.3) is 0 Å². The molecular formula is C10H14S. The largest absolute Gasteiger partial charge is 0.179 e. The molecule has 0 spiro atoms. The Morgan fingerprint density at radius 1 is 1.09 bits per heavy atom. The van der Waals surface area contributed by atoms with Gasteiger partial charge in [-0.15, -0.1) is 23.7 Å². The molecular weight excluding hydrogens is 152 g/mol. The summed E-state index contributed by atoms with van der Waals surface area (Å²) in [4.78, 5) is 0. The fourth-order valence-corrected chi connectivity index (χ4v) is 0.952. The van der Waals surface area contributed by atoms with E-state index in [0.717, 1.165) is 18.6 Å². The molecule has 0 aromatic carbocycles. The second-order valence-corrected chi connectivity index (χ2v) is 2.68. The number of hydrogen-bond donors (Lipinski definition) is 1. The summed E-state index contributed by atoms with van der Waals surface area (Å²) in [5.74, 6) is 13.3. The van der Waals surface area contributed by atoms with E-state index in [4.69, 9.17) is 0 Å². The zero-order chi connectivity index (χ0) is 8.53. The van der Waals surface area contributed by atoms with Crippen molar-refractivity contribution in [1.29, 1.82) is 0 Å². The van der Waals surface area contributed by atoms with Crippen molar-refractivity contribution in [1.82, 2.24) is 0 Å². The van der Waals surface area contributed by atoms with Gasteiger partial charge in [-0.2, -0.15) is 12.6 Å². The molecule has 0 aliphatic heterocycles. The van der Waals surface area contributed by atoms with Gasteiger partial charge in [0.15, 0.2) is 0 Å². The van der Waals surface area contributed by atoms with Crippen molar-refractivity contribution in [3.05, 3.63) is 0 Å². The fourth-order valence-electron chi connectivity index (χ4n) is 0.694. The maximum absolute atomic E-state index is 4.23. The first kappa shape index (κ1) is 10.5. The summed E-state index contributed by atoms with van der Waals surface area (Å²) in [6.45, 7) is 3.72. The van der Waals surface area contributed by atoms with Crippen LogP contribution in [-0.2, 0) is 0 Å². The lowest BCUT2D eigenvalue weighted by atomic mass is 10.0. The van der Waals surface area contributed by atoms with Crippen LogP contribution >= 0.6 is 12.6 Å². The average molecular weight is 166 g/mol. The van der Waals surface area contributed by atoms with Crippen LogP contribution in [0, 0.1) is 29.6 Å². The predicted molar refractivity (Wildman–Crippen MR) is 53.5 cm³/mol. The quantitative estimate of drug-likeness (QED) is 0.483. The lowest BCUT2D eigenvalue weighted by molar-refractivity contribution is 0.636. The minimum absolute atomic E-state index is 0.540. The maximum Gasteiger partial charge on any atom is 0.0134 e. The van der Waals surface area contributed by atoms with Gasteiger partial charge in [-0.05, 0) is 25.5 Å². The van der Waals surface area contributed by atoms with Crippen LogP contribution in [0.4, 0.5) is 0 Å². The topological polar surface area (TPSA) is 0 Å². The average Bonchev–Trinajstić information content (AvgIpc) is 2.05. The molecule has 0 bridgehead atoms. The SMILES string of the molecule is CC#CCC(CS)CC#CC. The van der Waals surface area contributed by atoms with Gasteiger partial charge in [0, 0.05) is 12.8 Å². The van der Waals surface area contributed by atoms with Crippen molar-refractivity contribution in [3.63, 3.8) is 0 Å². The van der Waals surface area contributed by atoms with Gasteiger partial charge in [0.05, 0.1) is 0 Å². The van der Waals surface area contributed by atoms with Crippen LogP contribution in [0.15, 0.2) is 0 Å². The molecule has 0 amide bonds. The van der Waals surface area contributed by atoms with Gasteiger partial charge in [-0.25, -0.2) is 0 Å². The van der Waals surface area contributed by atoms with Crippen LogP contribution in [0.5, 0.6) is 0 Å². The molecule has 60 valence electrons. The summed E-state index contributed by atoms with van der Waals surface area (Å²) in [5, 5.41) is 0. The van der Waals surface area contributed by atoms with Gasteiger partial charge in [0.25, 0.3) is 0 Å². The van der Waals surface area contributed by atoms with Crippen molar-refractivity contribution < 1.29 is 0 Å². The van der Waals surface area contributed by atoms with E-state index >= 15 is 0 Å². The Hall–Kier alpha value is -0.530. The number of rotatable bonds is 3. The molecule has 11 heavy (non-hydrogen) atoms. The third kappa shape index (κ3) is 5.89. The molecule has 0 atom stereocenters. The highest BCUT2D eigenvalue weighted by Crippen LogP contribution is 2.08. The van der Waals surface area contributed by atoms with Gasteiger partial charge in [0.1, 0.15) is 0 Å². The summed E-state index contributed by atoms with van der Waals surface area (Å²) in [5.41, 5.74) is 0. The van der Waals surface area contributed by atoms with E-state index < -0.39 is 0 Å². The first-order valence-corrected chi connectivity index (χ1v) is 4.38. The highest BCUT2D eigenvalue weighted by Gasteiger charge is 2.01. The molecule has 0 aromatic heterocycles. The minimum atomic E-state index is 0.540. The van der Waals surface area contributed by atoms with E-state index in [2.05, 4.69) is 36.3 Å². The lowest BCUT2D eigenvalue weighted by Crippen LogP contribution is -1.99. The van der Waals surface area contributed by atoms with Crippen LogP contribution in [0.2, 0.25) is 0 Å². The number of thiol groups is 1. The second-order valence-electron chi connectivity index (χ2n) is 2.31. The molecule has 0 N–H and O–H groups in total. The molecule has 0 saturated carbocycles. The van der Waals surface area contributed by atoms with E-state index in [1.54, 1.807) is 0 Å². The highest BCUT2D eigenvalue weighted by molar-refractivity contribution is 7.80. The summed E-state index contributed by atoms with van der Waals surface area (Å²) in [6.07, 6.45) is 1.85. The lowest BCUT2D eigenvalue weighted by Gasteiger charge is -2.04. The van der Waals surface area contributed by atoms with Crippen molar-refractivity contribution in [2.75, 3.05) is 5.75 Å². The van der Waals surface area contributed by atoms with Crippen molar-refractivity contribution in [3.8, 4) is 23.7 Å². The van der Waals surface area contributed by atoms with E-state index in [-0.39, 0.29) is 0 Å². The standard InChI is InChI=1S/C10H14S/c1-3-5-7-10(9-11)8-6-4-2/h10-11H,7-9H2,1-2H3. The van der Waals surface area contributed by atoms with E-state index in [9.17, 15) is 0 Å². The molecule has 0 heterocycles. The Labute approximate surface area is 75.2 Å². The first-order chi connectivity index (χ1) is 5.35. The van der Waals surface area contributed by atoms with Gasteiger partial charge in [-0.3, -0.25) is 0 Å². The molecule has 1 heteroatoms. The third-order valence-corrected chi connectivity index (χ3v) is 1.91. The molecule has 0 unspecified atom stereocenters. The molecule has 0 aliphatic rings. The Kier molecular flexibility index (Phi) is 7.21. The zero-order valence-electron chi connectivity index (χ0n) is 7.15. The summed E-state index contributed by atoms with van der Waals surface area (Å²) >= 11 is 4.23. The second kappa shape index (κ2) is 7.58. The van der Waals surface area contributed by atoms with Crippen molar-refractivity contribution in [2.45, 2.75) is 26.7 Å². The highest BCUT2D eigenvalue weighted by atomic mass is 32.1. The molecule has 0 aliphatic carbocycles. The third-order valence-electron chi connectivity index (χ3n) is 1.39. The van der Waals surface area contributed by atoms with Crippen LogP contribution < -0.4 is 0 Å². The molecule has 0 fully saturated rings. The van der Waals surface area contributed by atoms with Crippen LogP contribution in [-0.4, -0.2) is 5.75 Å². The Bertz CT molecular complexity index is 174. The van der Waals surface area contributed by atoms with E-state index in [1.165, 1.54) is 0 Å². The zero-order valence-corrected chi connectivity index (χ0v) is 8.04. The van der Waals surface area contributed by atoms with E-state index in [0.29, 0.717) is 5.92 Å². The Morgan fingerprint density at radius 3 is 1.82 bits per heavy atom. The minimum Gasteiger partial charge on any atom is -0.179 e. The van der Waals surface area contributed by atoms with Gasteiger partial charge >= 0.3 is 0 Å². The predicted octanol–water partition coefficient (Wildman–Crippen LogP) is 2.36. The van der Waals surface area contributed by atoms with Gasteiger partial charge in [-0.1, -0.05) is 0 Å². The van der Waals surface area contributed by atoms with Gasteiger partial charge < -0.3 is 0 Å². The molecule has 0 saturated heterocycles. The normalized spacial score (nSPS) is 8.00. The molecule has 0 radical (unpaired) electrons.